The highest BCUT2D eigenvalue weighted by Gasteiger charge is 2.12. The summed E-state index contributed by atoms with van der Waals surface area (Å²) in [7, 11) is 4.86. The second kappa shape index (κ2) is 10.3. The molecule has 0 aliphatic carbocycles. The van der Waals surface area contributed by atoms with Crippen LogP contribution in [0.4, 0.5) is 0 Å². The van der Waals surface area contributed by atoms with Crippen LogP contribution >= 0.6 is 0 Å². The first-order valence-electron chi connectivity index (χ1n) is 8.98. The lowest BCUT2D eigenvalue weighted by molar-refractivity contribution is 0.347. The molecule has 0 unspecified atom stereocenters. The van der Waals surface area contributed by atoms with Crippen LogP contribution in [0, 0.1) is 6.92 Å². The maximum Gasteiger partial charge on any atom is 0.191 e. The molecule has 0 aromatic heterocycles. The Kier molecular flexibility index (Phi) is 7.79. The van der Waals surface area contributed by atoms with Crippen LogP contribution in [0.2, 0.25) is 0 Å². The Morgan fingerprint density at radius 3 is 2.19 bits per heavy atom. The maximum atomic E-state index is 5.48. The van der Waals surface area contributed by atoms with E-state index >= 15 is 0 Å². The molecule has 27 heavy (non-hydrogen) atoms. The SMILES string of the molecule is CCNC(=NCc1cc(OC)c(OC)cc1OC)NCc1ccccc1C. The van der Waals surface area contributed by atoms with E-state index in [1.54, 1.807) is 21.3 Å². The Bertz CT molecular complexity index is 775. The van der Waals surface area contributed by atoms with Gasteiger partial charge in [-0.15, -0.1) is 0 Å². The third kappa shape index (κ3) is 5.54. The van der Waals surface area contributed by atoms with Crippen molar-refractivity contribution in [2.24, 2.45) is 4.99 Å². The first-order valence-corrected chi connectivity index (χ1v) is 8.98. The Balaban J connectivity index is 2.17. The highest BCUT2D eigenvalue weighted by atomic mass is 16.5. The molecule has 2 aromatic rings. The van der Waals surface area contributed by atoms with Gasteiger partial charge < -0.3 is 24.8 Å². The van der Waals surface area contributed by atoms with Gasteiger partial charge >= 0.3 is 0 Å². The predicted octanol–water partition coefficient (Wildman–Crippen LogP) is 3.28. The fraction of sp³-hybridized carbons (Fsp3) is 0.381. The predicted molar refractivity (Wildman–Crippen MR) is 109 cm³/mol. The first kappa shape index (κ1) is 20.4. The van der Waals surface area contributed by atoms with Crippen molar-refractivity contribution in [1.29, 1.82) is 0 Å². The average Bonchev–Trinajstić information content (AvgIpc) is 2.70. The van der Waals surface area contributed by atoms with E-state index in [1.807, 2.05) is 31.2 Å². The largest absolute Gasteiger partial charge is 0.496 e. The fourth-order valence-corrected chi connectivity index (χ4v) is 2.71. The lowest BCUT2D eigenvalue weighted by Crippen LogP contribution is -2.36. The molecule has 0 aliphatic rings. The Hall–Kier alpha value is -2.89. The van der Waals surface area contributed by atoms with Gasteiger partial charge in [-0.3, -0.25) is 0 Å². The quantitative estimate of drug-likeness (QED) is 0.551. The molecular formula is C21H29N3O3. The minimum absolute atomic E-state index is 0.451. The zero-order valence-electron chi connectivity index (χ0n) is 16.8. The van der Waals surface area contributed by atoms with Crippen molar-refractivity contribution in [2.75, 3.05) is 27.9 Å². The summed E-state index contributed by atoms with van der Waals surface area (Å²) in [5.74, 6) is 2.75. The van der Waals surface area contributed by atoms with Crippen molar-refractivity contribution in [3.05, 3.63) is 53.1 Å². The normalized spacial score (nSPS) is 11.1. The van der Waals surface area contributed by atoms with E-state index in [-0.39, 0.29) is 0 Å². The summed E-state index contributed by atoms with van der Waals surface area (Å²) in [5.41, 5.74) is 3.41. The highest BCUT2D eigenvalue weighted by Crippen LogP contribution is 2.34. The van der Waals surface area contributed by atoms with Crippen molar-refractivity contribution in [3.8, 4) is 17.2 Å². The molecule has 6 heteroatoms. The van der Waals surface area contributed by atoms with Crippen molar-refractivity contribution in [1.82, 2.24) is 10.6 Å². The molecule has 146 valence electrons. The topological polar surface area (TPSA) is 64.1 Å². The second-order valence-corrected chi connectivity index (χ2v) is 5.99. The van der Waals surface area contributed by atoms with Gasteiger partial charge in [0.1, 0.15) is 5.75 Å². The first-order chi connectivity index (χ1) is 13.1. The van der Waals surface area contributed by atoms with Crippen molar-refractivity contribution in [3.63, 3.8) is 0 Å². The Morgan fingerprint density at radius 1 is 0.889 bits per heavy atom. The molecule has 0 saturated carbocycles. The summed E-state index contributed by atoms with van der Waals surface area (Å²) in [6.45, 7) is 6.09. The lowest BCUT2D eigenvalue weighted by atomic mass is 10.1. The third-order valence-corrected chi connectivity index (χ3v) is 4.25. The monoisotopic (exact) mass is 371 g/mol. The standard InChI is InChI=1S/C21H29N3O3/c1-6-22-21(23-13-16-10-8-7-9-15(16)2)24-14-17-11-19(26-4)20(27-5)12-18(17)25-3/h7-12H,6,13-14H2,1-5H3,(H2,22,23,24). The molecule has 0 atom stereocenters. The number of benzene rings is 2. The minimum atomic E-state index is 0.451. The van der Waals surface area contributed by atoms with Crippen LogP contribution in [0.15, 0.2) is 41.4 Å². The smallest absolute Gasteiger partial charge is 0.191 e. The number of rotatable bonds is 8. The number of methoxy groups -OCH3 is 3. The number of ether oxygens (including phenoxy) is 3. The molecule has 0 bridgehead atoms. The zero-order chi connectivity index (χ0) is 19.6. The molecule has 2 aromatic carbocycles. The molecule has 0 saturated heterocycles. The summed E-state index contributed by atoms with van der Waals surface area (Å²) in [6.07, 6.45) is 0. The van der Waals surface area contributed by atoms with Gasteiger partial charge in [0.05, 0.1) is 27.9 Å². The van der Waals surface area contributed by atoms with E-state index in [0.29, 0.717) is 30.3 Å². The molecular weight excluding hydrogens is 342 g/mol. The van der Waals surface area contributed by atoms with E-state index in [4.69, 9.17) is 14.2 Å². The molecule has 0 amide bonds. The maximum absolute atomic E-state index is 5.48. The van der Waals surface area contributed by atoms with Gasteiger partial charge in [-0.25, -0.2) is 4.99 Å². The van der Waals surface area contributed by atoms with Gasteiger partial charge in [-0.05, 0) is 31.0 Å². The number of nitrogens with zero attached hydrogens (tertiary/aromatic N) is 1. The fourth-order valence-electron chi connectivity index (χ4n) is 2.71. The third-order valence-electron chi connectivity index (χ3n) is 4.25. The Labute approximate surface area is 161 Å². The van der Waals surface area contributed by atoms with Crippen LogP contribution in [-0.2, 0) is 13.1 Å². The van der Waals surface area contributed by atoms with E-state index in [9.17, 15) is 0 Å². The molecule has 2 rings (SSSR count). The van der Waals surface area contributed by atoms with Crippen molar-refractivity contribution < 1.29 is 14.2 Å². The second-order valence-electron chi connectivity index (χ2n) is 5.99. The number of aliphatic imine (C=N–C) groups is 1. The van der Waals surface area contributed by atoms with E-state index in [2.05, 4.69) is 34.7 Å². The van der Waals surface area contributed by atoms with Crippen LogP contribution in [-0.4, -0.2) is 33.8 Å². The molecule has 2 N–H and O–H groups in total. The van der Waals surface area contributed by atoms with Crippen LogP contribution in [0.1, 0.15) is 23.6 Å². The molecule has 0 heterocycles. The van der Waals surface area contributed by atoms with E-state index in [1.165, 1.54) is 11.1 Å². The van der Waals surface area contributed by atoms with Crippen molar-refractivity contribution >= 4 is 5.96 Å². The highest BCUT2D eigenvalue weighted by molar-refractivity contribution is 5.79. The number of nitrogens with one attached hydrogen (secondary N) is 2. The number of hydrogen-bond acceptors (Lipinski definition) is 4. The number of guanidine groups is 1. The van der Waals surface area contributed by atoms with Crippen LogP contribution < -0.4 is 24.8 Å². The summed E-state index contributed by atoms with van der Waals surface area (Å²) in [4.78, 5) is 4.69. The minimum Gasteiger partial charge on any atom is -0.496 e. The van der Waals surface area contributed by atoms with Gasteiger partial charge in [0.15, 0.2) is 17.5 Å². The van der Waals surface area contributed by atoms with E-state index in [0.717, 1.165) is 18.1 Å². The van der Waals surface area contributed by atoms with Crippen molar-refractivity contribution in [2.45, 2.75) is 26.9 Å². The summed E-state index contributed by atoms with van der Waals surface area (Å²) >= 11 is 0. The molecule has 0 aliphatic heterocycles. The van der Waals surface area contributed by atoms with Gasteiger partial charge in [-0.2, -0.15) is 0 Å². The zero-order valence-corrected chi connectivity index (χ0v) is 16.8. The van der Waals surface area contributed by atoms with Gasteiger partial charge in [0, 0.05) is 24.7 Å². The summed E-state index contributed by atoms with van der Waals surface area (Å²) in [6, 6.07) is 12.0. The number of aryl methyl sites for hydroxylation is 1. The number of hydrogen-bond donors (Lipinski definition) is 2. The van der Waals surface area contributed by atoms with Crippen LogP contribution in [0.5, 0.6) is 17.2 Å². The van der Waals surface area contributed by atoms with Gasteiger partial charge in [-0.1, -0.05) is 24.3 Å². The summed E-state index contributed by atoms with van der Waals surface area (Å²) < 4.78 is 16.2. The molecule has 0 spiro atoms. The van der Waals surface area contributed by atoms with Gasteiger partial charge in [0.2, 0.25) is 0 Å². The van der Waals surface area contributed by atoms with Gasteiger partial charge in [0.25, 0.3) is 0 Å². The lowest BCUT2D eigenvalue weighted by Gasteiger charge is -2.15. The Morgan fingerprint density at radius 2 is 1.56 bits per heavy atom. The summed E-state index contributed by atoms with van der Waals surface area (Å²) in [5, 5.41) is 6.65. The molecule has 0 fully saturated rings. The molecule has 6 nitrogen and oxygen atoms in total. The van der Waals surface area contributed by atoms with Crippen LogP contribution in [0.3, 0.4) is 0 Å². The molecule has 0 radical (unpaired) electrons. The average molecular weight is 371 g/mol. The van der Waals surface area contributed by atoms with Crippen LogP contribution in [0.25, 0.3) is 0 Å². The van der Waals surface area contributed by atoms with E-state index < -0.39 is 0 Å².